The summed E-state index contributed by atoms with van der Waals surface area (Å²) in [6.07, 6.45) is 2.04. The predicted molar refractivity (Wildman–Crippen MR) is 77.6 cm³/mol. The highest BCUT2D eigenvalue weighted by molar-refractivity contribution is 6.33. The lowest BCUT2D eigenvalue weighted by Crippen LogP contribution is -2.43. The summed E-state index contributed by atoms with van der Waals surface area (Å²) in [4.78, 5) is 12.1. The normalized spacial score (nSPS) is 13.2. The minimum absolute atomic E-state index is 0.174. The zero-order valence-electron chi connectivity index (χ0n) is 11.5. The van der Waals surface area contributed by atoms with E-state index in [1.807, 2.05) is 6.07 Å². The SMILES string of the molecule is CC(O)(Cn1cc(F)cn1)C(=O)Nc1ccc(C#N)cc1Cl. The molecule has 0 aliphatic rings. The number of carbonyl (C=O) groups is 1. The van der Waals surface area contributed by atoms with Crippen molar-refractivity contribution in [3.05, 3.63) is 47.0 Å². The van der Waals surface area contributed by atoms with E-state index in [1.54, 1.807) is 0 Å². The second-order valence-electron chi connectivity index (χ2n) is 4.89. The van der Waals surface area contributed by atoms with Gasteiger partial charge >= 0.3 is 0 Å². The summed E-state index contributed by atoms with van der Waals surface area (Å²) in [6, 6.07) is 6.26. The quantitative estimate of drug-likeness (QED) is 0.900. The van der Waals surface area contributed by atoms with Crippen LogP contribution in [0, 0.1) is 17.1 Å². The van der Waals surface area contributed by atoms with E-state index < -0.39 is 17.3 Å². The van der Waals surface area contributed by atoms with Crippen LogP contribution in [0.25, 0.3) is 0 Å². The van der Waals surface area contributed by atoms with Crippen molar-refractivity contribution in [2.24, 2.45) is 0 Å². The van der Waals surface area contributed by atoms with Crippen molar-refractivity contribution in [2.45, 2.75) is 19.1 Å². The molecule has 0 aliphatic heterocycles. The van der Waals surface area contributed by atoms with E-state index in [2.05, 4.69) is 10.4 Å². The first-order valence-electron chi connectivity index (χ1n) is 6.23. The van der Waals surface area contributed by atoms with Crippen molar-refractivity contribution in [2.75, 3.05) is 5.32 Å². The molecule has 0 spiro atoms. The Morgan fingerprint density at radius 1 is 1.64 bits per heavy atom. The highest BCUT2D eigenvalue weighted by atomic mass is 35.5. The lowest BCUT2D eigenvalue weighted by molar-refractivity contribution is -0.133. The van der Waals surface area contributed by atoms with Crippen LogP contribution < -0.4 is 5.32 Å². The number of hydrogen-bond acceptors (Lipinski definition) is 4. The van der Waals surface area contributed by atoms with Crippen molar-refractivity contribution in [3.63, 3.8) is 0 Å². The molecule has 1 amide bonds. The van der Waals surface area contributed by atoms with Crippen LogP contribution in [-0.4, -0.2) is 26.4 Å². The summed E-state index contributed by atoms with van der Waals surface area (Å²) in [5.41, 5.74) is -1.21. The first-order valence-corrected chi connectivity index (χ1v) is 6.61. The van der Waals surface area contributed by atoms with Crippen LogP contribution in [0.3, 0.4) is 0 Å². The highest BCUT2D eigenvalue weighted by Crippen LogP contribution is 2.24. The molecule has 1 heterocycles. The Morgan fingerprint density at radius 2 is 2.36 bits per heavy atom. The van der Waals surface area contributed by atoms with Crippen LogP contribution in [0.2, 0.25) is 5.02 Å². The van der Waals surface area contributed by atoms with E-state index in [0.717, 1.165) is 17.1 Å². The lowest BCUT2D eigenvalue weighted by Gasteiger charge is -2.22. The average molecular weight is 323 g/mol. The number of halogens is 2. The molecule has 114 valence electrons. The fraction of sp³-hybridized carbons (Fsp3) is 0.214. The molecule has 22 heavy (non-hydrogen) atoms. The molecule has 1 aromatic carbocycles. The van der Waals surface area contributed by atoms with Crippen LogP contribution >= 0.6 is 11.6 Å². The standard InChI is InChI=1S/C14H12ClFN4O2/c1-14(22,8-20-7-10(16)6-18-20)13(21)19-12-3-2-9(5-17)4-11(12)15/h2-4,6-7,22H,8H2,1H3,(H,19,21). The van der Waals surface area contributed by atoms with Gasteiger partial charge in [-0.25, -0.2) is 4.39 Å². The zero-order valence-corrected chi connectivity index (χ0v) is 12.3. The molecule has 0 fully saturated rings. The molecule has 0 bridgehead atoms. The Morgan fingerprint density at radius 3 is 2.91 bits per heavy atom. The maximum Gasteiger partial charge on any atom is 0.258 e. The lowest BCUT2D eigenvalue weighted by atomic mass is 10.1. The van der Waals surface area contributed by atoms with Gasteiger partial charge in [-0.3, -0.25) is 9.48 Å². The summed E-state index contributed by atoms with van der Waals surface area (Å²) in [5.74, 6) is -1.29. The fourth-order valence-corrected chi connectivity index (χ4v) is 1.98. The van der Waals surface area contributed by atoms with Gasteiger partial charge in [0.05, 0.1) is 41.3 Å². The Hall–Kier alpha value is -2.43. The van der Waals surface area contributed by atoms with Crippen LogP contribution in [0.4, 0.5) is 10.1 Å². The van der Waals surface area contributed by atoms with E-state index in [1.165, 1.54) is 25.1 Å². The molecular formula is C14H12ClFN4O2. The molecule has 6 nitrogen and oxygen atoms in total. The smallest absolute Gasteiger partial charge is 0.258 e. The number of aromatic nitrogens is 2. The van der Waals surface area contributed by atoms with Gasteiger partial charge in [0.25, 0.3) is 5.91 Å². The Kier molecular flexibility index (Phi) is 4.45. The minimum atomic E-state index is -1.82. The van der Waals surface area contributed by atoms with Gasteiger partial charge in [-0.05, 0) is 25.1 Å². The number of rotatable bonds is 4. The Bertz CT molecular complexity index is 752. The summed E-state index contributed by atoms with van der Waals surface area (Å²) in [6.45, 7) is 1.05. The first-order chi connectivity index (χ1) is 10.3. The molecule has 8 heteroatoms. The summed E-state index contributed by atoms with van der Waals surface area (Å²) in [7, 11) is 0. The summed E-state index contributed by atoms with van der Waals surface area (Å²) >= 11 is 5.95. The van der Waals surface area contributed by atoms with E-state index >= 15 is 0 Å². The van der Waals surface area contributed by atoms with Crippen LogP contribution in [0.5, 0.6) is 0 Å². The molecular weight excluding hydrogens is 311 g/mol. The number of benzene rings is 1. The summed E-state index contributed by atoms with van der Waals surface area (Å²) < 4.78 is 14.0. The van der Waals surface area contributed by atoms with Gasteiger partial charge < -0.3 is 10.4 Å². The maximum atomic E-state index is 12.9. The van der Waals surface area contributed by atoms with Crippen LogP contribution in [-0.2, 0) is 11.3 Å². The highest BCUT2D eigenvalue weighted by Gasteiger charge is 2.31. The molecule has 2 N–H and O–H groups in total. The first kappa shape index (κ1) is 15.9. The summed E-state index contributed by atoms with van der Waals surface area (Å²) in [5, 5.41) is 25.3. The number of nitrogens with zero attached hydrogens (tertiary/aromatic N) is 3. The molecule has 2 aromatic rings. The number of amides is 1. The largest absolute Gasteiger partial charge is 0.378 e. The number of aliphatic hydroxyl groups is 1. The molecule has 1 atom stereocenters. The van der Waals surface area contributed by atoms with Gasteiger partial charge in [0, 0.05) is 0 Å². The molecule has 0 saturated carbocycles. The van der Waals surface area contributed by atoms with Gasteiger partial charge in [0.15, 0.2) is 11.4 Å². The minimum Gasteiger partial charge on any atom is -0.378 e. The fourth-order valence-electron chi connectivity index (χ4n) is 1.76. The number of nitriles is 1. The third kappa shape index (κ3) is 3.61. The van der Waals surface area contributed by atoms with E-state index in [4.69, 9.17) is 16.9 Å². The Balaban J connectivity index is 2.12. The van der Waals surface area contributed by atoms with Crippen molar-refractivity contribution in [3.8, 4) is 6.07 Å². The molecule has 0 saturated heterocycles. The predicted octanol–water partition coefficient (Wildman–Crippen LogP) is 1.94. The van der Waals surface area contributed by atoms with Crippen LogP contribution in [0.1, 0.15) is 12.5 Å². The van der Waals surface area contributed by atoms with Crippen molar-refractivity contribution in [1.82, 2.24) is 9.78 Å². The van der Waals surface area contributed by atoms with E-state index in [-0.39, 0.29) is 17.3 Å². The van der Waals surface area contributed by atoms with Crippen molar-refractivity contribution in [1.29, 1.82) is 5.26 Å². The van der Waals surface area contributed by atoms with Gasteiger partial charge in [0.2, 0.25) is 0 Å². The maximum absolute atomic E-state index is 12.9. The zero-order chi connectivity index (χ0) is 16.3. The second kappa shape index (κ2) is 6.13. The van der Waals surface area contributed by atoms with Crippen LogP contribution in [0.15, 0.2) is 30.6 Å². The van der Waals surface area contributed by atoms with Gasteiger partial charge in [-0.15, -0.1) is 0 Å². The monoisotopic (exact) mass is 322 g/mol. The molecule has 1 aromatic heterocycles. The number of hydrogen-bond donors (Lipinski definition) is 2. The average Bonchev–Trinajstić information content (AvgIpc) is 2.85. The second-order valence-corrected chi connectivity index (χ2v) is 5.30. The van der Waals surface area contributed by atoms with Crippen molar-refractivity contribution >= 4 is 23.2 Å². The molecule has 2 rings (SSSR count). The number of nitrogens with one attached hydrogen (secondary N) is 1. The Labute approximate surface area is 130 Å². The number of carbonyl (C=O) groups excluding carboxylic acids is 1. The van der Waals surface area contributed by atoms with Gasteiger partial charge in [-0.2, -0.15) is 10.4 Å². The topological polar surface area (TPSA) is 90.9 Å². The van der Waals surface area contributed by atoms with Crippen molar-refractivity contribution < 1.29 is 14.3 Å². The molecule has 0 radical (unpaired) electrons. The van der Waals surface area contributed by atoms with E-state index in [9.17, 15) is 14.3 Å². The third-order valence-electron chi connectivity index (χ3n) is 2.91. The van der Waals surface area contributed by atoms with E-state index in [0.29, 0.717) is 5.56 Å². The third-order valence-corrected chi connectivity index (χ3v) is 3.22. The van der Waals surface area contributed by atoms with Gasteiger partial charge in [-0.1, -0.05) is 11.6 Å². The molecule has 0 aliphatic carbocycles. The number of anilines is 1. The molecule has 1 unspecified atom stereocenters. The van der Waals surface area contributed by atoms with Gasteiger partial charge in [0.1, 0.15) is 0 Å².